The minimum Gasteiger partial charge on any atom is -0.481 e. The number of carbonyl (C=O) groups is 2. The van der Waals surface area contributed by atoms with Gasteiger partial charge in [-0.2, -0.15) is 0 Å². The van der Waals surface area contributed by atoms with Crippen molar-refractivity contribution in [3.63, 3.8) is 0 Å². The second kappa shape index (κ2) is 28.1. The van der Waals surface area contributed by atoms with Gasteiger partial charge in [0.15, 0.2) is 0 Å². The molecule has 0 bridgehead atoms. The first kappa shape index (κ1) is 37.5. The van der Waals surface area contributed by atoms with Gasteiger partial charge in [-0.15, -0.1) is 0 Å². The first-order valence-corrected chi connectivity index (χ1v) is 16.7. The van der Waals surface area contributed by atoms with Crippen molar-refractivity contribution < 1.29 is 19.8 Å². The van der Waals surface area contributed by atoms with Gasteiger partial charge in [0.25, 0.3) is 0 Å². The number of aryl methyl sites for hydroxylation is 1. The van der Waals surface area contributed by atoms with Crippen molar-refractivity contribution in [3.8, 4) is 0 Å². The lowest BCUT2D eigenvalue weighted by Crippen LogP contribution is -2.01. The fourth-order valence-corrected chi connectivity index (χ4v) is 5.05. The van der Waals surface area contributed by atoms with Crippen molar-refractivity contribution in [2.75, 3.05) is 5.33 Å². The zero-order valence-corrected chi connectivity index (χ0v) is 27.1. The molecule has 3 aromatic carbocycles. The maximum Gasteiger partial charge on any atom is 0.303 e. The molecule has 3 aromatic rings. The van der Waals surface area contributed by atoms with Gasteiger partial charge in [-0.25, -0.2) is 0 Å². The van der Waals surface area contributed by atoms with E-state index in [2.05, 4.69) is 115 Å². The summed E-state index contributed by atoms with van der Waals surface area (Å²) in [6, 6.07) is 31.7. The van der Waals surface area contributed by atoms with Gasteiger partial charge in [-0.1, -0.05) is 122 Å². The maximum absolute atomic E-state index is 10.3. The highest BCUT2D eigenvalue weighted by Crippen LogP contribution is 2.09. The number of rotatable bonds is 14. The fraction of sp³-hybridized carbons (Fsp3) is 0.412. The quantitative estimate of drug-likeness (QED) is 0.106. The van der Waals surface area contributed by atoms with E-state index in [0.717, 1.165) is 56.7 Å². The topological polar surface area (TPSA) is 74.6 Å². The molecular formula is C34H49BrO4P+. The minimum absolute atomic E-state index is 0.271. The molecule has 40 heavy (non-hydrogen) atoms. The molecule has 0 atom stereocenters. The van der Waals surface area contributed by atoms with Crippen LogP contribution in [-0.2, 0) is 16.0 Å². The predicted molar refractivity (Wildman–Crippen MR) is 179 cm³/mol. The van der Waals surface area contributed by atoms with E-state index >= 15 is 0 Å². The molecule has 0 fully saturated rings. The highest BCUT2D eigenvalue weighted by molar-refractivity contribution is 9.09. The average molecular weight is 633 g/mol. The zero-order valence-electron chi connectivity index (χ0n) is 24.3. The standard InChI is InChI=1S/C13H18O2.C12H11P.C6H11BrO2.C3H8/c14-13(15)11-7-2-1-4-8-12-9-5-3-6-10-12;1-3-7-11(8-4-1)13-12-9-5-2-6-10-12;7-5-3-1-2-4-6(8)9;1-3-2/h3,5-6,9-10H,1-2,4,7-8,11H2,(H,14,15);1-10,13H;1-5H2,(H,8,9);3H2,1-2H3/p+1. The third-order valence-corrected chi connectivity index (χ3v) is 7.40. The monoisotopic (exact) mass is 631 g/mol. The summed E-state index contributed by atoms with van der Waals surface area (Å²) in [6.07, 6.45) is 9.99. The van der Waals surface area contributed by atoms with E-state index in [1.165, 1.54) is 22.6 Å². The Morgan fingerprint density at radius 1 is 0.600 bits per heavy atom. The summed E-state index contributed by atoms with van der Waals surface area (Å²) in [5, 5.41) is 20.5. The fourth-order valence-electron chi connectivity index (χ4n) is 3.44. The second-order valence-corrected chi connectivity index (χ2v) is 11.8. The lowest BCUT2D eigenvalue weighted by atomic mass is 10.1. The molecule has 0 radical (unpaired) electrons. The van der Waals surface area contributed by atoms with E-state index in [1.54, 1.807) is 0 Å². The summed E-state index contributed by atoms with van der Waals surface area (Å²) in [5.74, 6) is -1.37. The molecule has 2 N–H and O–H groups in total. The third kappa shape index (κ3) is 25.8. The molecular weight excluding hydrogens is 583 g/mol. The van der Waals surface area contributed by atoms with E-state index in [4.69, 9.17) is 10.2 Å². The van der Waals surface area contributed by atoms with Crippen LogP contribution in [0.1, 0.15) is 83.6 Å². The number of unbranched alkanes of at least 4 members (excludes halogenated alkanes) is 5. The highest BCUT2D eigenvalue weighted by Gasteiger charge is 2.00. The highest BCUT2D eigenvalue weighted by atomic mass is 79.9. The molecule has 0 aliphatic heterocycles. The van der Waals surface area contributed by atoms with Crippen LogP contribution < -0.4 is 10.6 Å². The minimum atomic E-state index is -0.690. The van der Waals surface area contributed by atoms with Gasteiger partial charge in [0.2, 0.25) is 0 Å². The zero-order chi connectivity index (χ0) is 29.7. The van der Waals surface area contributed by atoms with Gasteiger partial charge < -0.3 is 10.2 Å². The number of benzene rings is 3. The summed E-state index contributed by atoms with van der Waals surface area (Å²) < 4.78 is 0. The number of aliphatic carboxylic acids is 2. The van der Waals surface area contributed by atoms with Crippen molar-refractivity contribution in [3.05, 3.63) is 96.6 Å². The van der Waals surface area contributed by atoms with E-state index in [-0.39, 0.29) is 8.58 Å². The second-order valence-electron chi connectivity index (χ2n) is 9.36. The number of alkyl halides is 1. The smallest absolute Gasteiger partial charge is 0.303 e. The largest absolute Gasteiger partial charge is 0.481 e. The molecule has 0 aliphatic carbocycles. The summed E-state index contributed by atoms with van der Waals surface area (Å²) in [6.45, 7) is 4.25. The molecule has 0 unspecified atom stereocenters. The normalized spacial score (nSPS) is 9.57. The van der Waals surface area contributed by atoms with E-state index in [0.29, 0.717) is 12.8 Å². The van der Waals surface area contributed by atoms with Gasteiger partial charge in [-0.05, 0) is 61.9 Å². The van der Waals surface area contributed by atoms with Crippen molar-refractivity contribution in [1.29, 1.82) is 0 Å². The van der Waals surface area contributed by atoms with Crippen molar-refractivity contribution >= 4 is 47.1 Å². The molecule has 220 valence electrons. The van der Waals surface area contributed by atoms with Crippen LogP contribution in [0.2, 0.25) is 0 Å². The molecule has 0 heterocycles. The Labute approximate surface area is 252 Å². The molecule has 6 heteroatoms. The predicted octanol–water partition coefficient (Wildman–Crippen LogP) is 8.76. The summed E-state index contributed by atoms with van der Waals surface area (Å²) in [5.41, 5.74) is 1.37. The summed E-state index contributed by atoms with van der Waals surface area (Å²) >= 11 is 3.27. The number of hydrogen-bond donors (Lipinski definition) is 2. The van der Waals surface area contributed by atoms with Crippen LogP contribution in [0.15, 0.2) is 91.0 Å². The van der Waals surface area contributed by atoms with E-state index < -0.39 is 11.9 Å². The molecule has 4 nitrogen and oxygen atoms in total. The van der Waals surface area contributed by atoms with Gasteiger partial charge in [0.05, 0.1) is 19.2 Å². The SMILES string of the molecule is CCC.O=C(O)CCCCCBr.O=C(O)CCCCCCc1ccccc1.c1ccc([PH2+]c2ccccc2)cc1. The Kier molecular flexibility index (Phi) is 26.3. The Balaban J connectivity index is 0.000000558. The molecule has 3 rings (SSSR count). The Hall–Kier alpha value is -2.49. The lowest BCUT2D eigenvalue weighted by molar-refractivity contribution is -0.138. The van der Waals surface area contributed by atoms with Crippen molar-refractivity contribution in [1.82, 2.24) is 0 Å². The Morgan fingerprint density at radius 3 is 1.38 bits per heavy atom. The average Bonchev–Trinajstić information content (AvgIpc) is 2.96. The Bertz CT molecular complexity index is 932. The van der Waals surface area contributed by atoms with E-state index in [1.807, 2.05) is 6.07 Å². The number of carboxylic acid groups (broad SMARTS) is 2. The third-order valence-electron chi connectivity index (χ3n) is 5.41. The van der Waals surface area contributed by atoms with Crippen molar-refractivity contribution in [2.45, 2.75) is 84.5 Å². The molecule has 0 saturated heterocycles. The van der Waals surface area contributed by atoms with Crippen LogP contribution >= 0.6 is 24.5 Å². The maximum atomic E-state index is 10.3. The summed E-state index contributed by atoms with van der Waals surface area (Å²) in [7, 11) is 0.271. The number of carboxylic acids is 2. The lowest BCUT2D eigenvalue weighted by Gasteiger charge is -2.00. The van der Waals surface area contributed by atoms with Crippen LogP contribution in [0.4, 0.5) is 0 Å². The van der Waals surface area contributed by atoms with Crippen LogP contribution in [0.5, 0.6) is 0 Å². The number of hydrogen-bond acceptors (Lipinski definition) is 2. The van der Waals surface area contributed by atoms with Gasteiger partial charge in [0.1, 0.15) is 0 Å². The van der Waals surface area contributed by atoms with Gasteiger partial charge in [0, 0.05) is 18.2 Å². The van der Waals surface area contributed by atoms with E-state index in [9.17, 15) is 9.59 Å². The summed E-state index contributed by atoms with van der Waals surface area (Å²) in [4.78, 5) is 20.2. The Morgan fingerprint density at radius 2 is 0.975 bits per heavy atom. The van der Waals surface area contributed by atoms with Crippen LogP contribution in [-0.4, -0.2) is 27.5 Å². The first-order chi connectivity index (χ1) is 19.4. The van der Waals surface area contributed by atoms with Crippen LogP contribution in [0.25, 0.3) is 0 Å². The van der Waals surface area contributed by atoms with Gasteiger partial charge >= 0.3 is 11.9 Å². The molecule has 0 aromatic heterocycles. The van der Waals surface area contributed by atoms with Crippen LogP contribution in [0, 0.1) is 0 Å². The van der Waals surface area contributed by atoms with Gasteiger partial charge in [-0.3, -0.25) is 9.59 Å². The van der Waals surface area contributed by atoms with Crippen molar-refractivity contribution in [2.24, 2.45) is 0 Å². The number of halogens is 1. The molecule has 0 amide bonds. The first-order valence-electron chi connectivity index (χ1n) is 14.4. The molecule has 0 spiro atoms. The molecule has 0 aliphatic rings. The van der Waals surface area contributed by atoms with Crippen LogP contribution in [0.3, 0.4) is 0 Å². The molecule has 0 saturated carbocycles.